The minimum Gasteiger partial charge on any atom is -0.354 e. The summed E-state index contributed by atoms with van der Waals surface area (Å²) in [6, 6.07) is 15.1. The summed E-state index contributed by atoms with van der Waals surface area (Å²) < 4.78 is 28.9. The lowest BCUT2D eigenvalue weighted by Gasteiger charge is -2.32. The van der Waals surface area contributed by atoms with Crippen molar-refractivity contribution in [1.29, 1.82) is 0 Å². The van der Waals surface area contributed by atoms with Crippen LogP contribution in [-0.2, 0) is 26.2 Å². The van der Waals surface area contributed by atoms with E-state index in [-0.39, 0.29) is 17.3 Å². The van der Waals surface area contributed by atoms with E-state index in [1.807, 2.05) is 13.8 Å². The largest absolute Gasteiger partial charge is 0.354 e. The second-order valence-corrected chi connectivity index (χ2v) is 12.6. The fraction of sp³-hybridized carbons (Fsp3) is 0.310. The summed E-state index contributed by atoms with van der Waals surface area (Å²) >= 11 is 18.6. The number of nitrogens with zero attached hydrogens (tertiary/aromatic N) is 2. The summed E-state index contributed by atoms with van der Waals surface area (Å²) in [5, 5.41) is 3.98. The van der Waals surface area contributed by atoms with Crippen LogP contribution in [0.4, 0.5) is 5.69 Å². The molecule has 3 aromatic rings. The van der Waals surface area contributed by atoms with Crippen LogP contribution < -0.4 is 9.62 Å². The number of amides is 2. The van der Waals surface area contributed by atoms with Gasteiger partial charge in [0.15, 0.2) is 0 Å². The Bertz CT molecular complexity index is 1480. The van der Waals surface area contributed by atoms with Crippen molar-refractivity contribution in [3.63, 3.8) is 0 Å². The second-order valence-electron chi connectivity index (χ2n) is 9.48. The quantitative estimate of drug-likeness (QED) is 0.267. The van der Waals surface area contributed by atoms with Crippen LogP contribution in [0.25, 0.3) is 0 Å². The monoisotopic (exact) mass is 623 g/mol. The number of anilines is 1. The summed E-state index contributed by atoms with van der Waals surface area (Å²) in [7, 11) is -4.18. The van der Waals surface area contributed by atoms with Crippen LogP contribution in [0.1, 0.15) is 37.0 Å². The molecule has 1 atom stereocenters. The highest BCUT2D eigenvalue weighted by Gasteiger charge is 2.33. The van der Waals surface area contributed by atoms with E-state index in [4.69, 9.17) is 34.8 Å². The van der Waals surface area contributed by atoms with Crippen molar-refractivity contribution in [1.82, 2.24) is 10.2 Å². The molecule has 1 N–H and O–H groups in total. The zero-order valence-corrected chi connectivity index (χ0v) is 25.8. The maximum atomic E-state index is 14.0. The molecule has 0 saturated heterocycles. The molecular weight excluding hydrogens is 593 g/mol. The van der Waals surface area contributed by atoms with Crippen LogP contribution in [0, 0.1) is 13.8 Å². The Balaban J connectivity index is 2.07. The zero-order chi connectivity index (χ0) is 29.6. The number of sulfonamides is 1. The van der Waals surface area contributed by atoms with Crippen molar-refractivity contribution in [3.8, 4) is 0 Å². The van der Waals surface area contributed by atoms with Gasteiger partial charge in [0, 0.05) is 28.2 Å². The van der Waals surface area contributed by atoms with E-state index in [0.717, 1.165) is 9.87 Å². The first kappa shape index (κ1) is 31.7. The minimum absolute atomic E-state index is 0.0290. The molecule has 0 aliphatic rings. The predicted octanol–water partition coefficient (Wildman–Crippen LogP) is 6.40. The van der Waals surface area contributed by atoms with Crippen molar-refractivity contribution in [2.75, 3.05) is 17.4 Å². The van der Waals surface area contributed by atoms with Gasteiger partial charge in [-0.1, -0.05) is 65.5 Å². The first-order valence-corrected chi connectivity index (χ1v) is 15.3. The molecule has 0 spiro atoms. The summed E-state index contributed by atoms with van der Waals surface area (Å²) in [6.45, 7) is 6.93. The molecule has 0 saturated carbocycles. The average molecular weight is 625 g/mol. The number of carbonyl (C=O) groups is 2. The Kier molecular flexibility index (Phi) is 10.9. The highest BCUT2D eigenvalue weighted by molar-refractivity contribution is 7.92. The average Bonchev–Trinajstić information content (AvgIpc) is 2.90. The molecule has 0 bridgehead atoms. The Morgan fingerprint density at radius 1 is 0.925 bits per heavy atom. The Hall–Kier alpha value is -2.78. The molecule has 0 aliphatic heterocycles. The molecule has 214 valence electrons. The summed E-state index contributed by atoms with van der Waals surface area (Å²) in [6.07, 6.45) is 0.716. The molecule has 0 unspecified atom stereocenters. The van der Waals surface area contributed by atoms with Crippen molar-refractivity contribution < 1.29 is 18.0 Å². The number of aryl methyl sites for hydroxylation is 2. The van der Waals surface area contributed by atoms with E-state index in [0.29, 0.717) is 44.8 Å². The molecule has 0 aromatic heterocycles. The van der Waals surface area contributed by atoms with Crippen LogP contribution >= 0.6 is 34.8 Å². The molecule has 3 rings (SSSR count). The van der Waals surface area contributed by atoms with Crippen molar-refractivity contribution in [2.45, 2.75) is 51.6 Å². The van der Waals surface area contributed by atoms with Gasteiger partial charge in [-0.15, -0.1) is 0 Å². The van der Waals surface area contributed by atoms with Gasteiger partial charge < -0.3 is 10.2 Å². The normalized spacial score (nSPS) is 12.1. The van der Waals surface area contributed by atoms with E-state index in [1.165, 1.54) is 17.0 Å². The lowest BCUT2D eigenvalue weighted by Crippen LogP contribution is -2.51. The number of halogens is 3. The van der Waals surface area contributed by atoms with Crippen LogP contribution in [-0.4, -0.2) is 44.3 Å². The number of benzene rings is 3. The number of hydrogen-bond acceptors (Lipinski definition) is 4. The standard InChI is InChI=1S/C29H32Cl3N3O4S/c1-5-14-33-29(37)21(4)34(17-22-8-9-24(31)16-26(22)32)28(36)18-35(27-13-10-23(30)15-20(27)3)40(38,39)25-11-6-19(2)7-12-25/h6-13,15-16,21H,5,14,17-18H2,1-4H3,(H,33,37)/t21-/m0/s1. The molecular formula is C29H32Cl3N3O4S. The smallest absolute Gasteiger partial charge is 0.264 e. The van der Waals surface area contributed by atoms with Gasteiger partial charge >= 0.3 is 0 Å². The number of rotatable bonds is 11. The third-order valence-electron chi connectivity index (χ3n) is 6.39. The maximum absolute atomic E-state index is 14.0. The molecule has 0 heterocycles. The lowest BCUT2D eigenvalue weighted by molar-refractivity contribution is -0.139. The van der Waals surface area contributed by atoms with Crippen LogP contribution in [0.5, 0.6) is 0 Å². The number of nitrogens with one attached hydrogen (secondary N) is 1. The van der Waals surface area contributed by atoms with E-state index in [9.17, 15) is 18.0 Å². The first-order valence-electron chi connectivity index (χ1n) is 12.7. The van der Waals surface area contributed by atoms with Gasteiger partial charge in [-0.3, -0.25) is 13.9 Å². The fourth-order valence-electron chi connectivity index (χ4n) is 4.06. The third kappa shape index (κ3) is 7.69. The van der Waals surface area contributed by atoms with Crippen molar-refractivity contribution >= 4 is 62.3 Å². The fourth-order valence-corrected chi connectivity index (χ4v) is 6.24. The maximum Gasteiger partial charge on any atom is 0.264 e. The van der Waals surface area contributed by atoms with Crippen LogP contribution in [0.15, 0.2) is 65.6 Å². The number of hydrogen-bond donors (Lipinski definition) is 1. The molecule has 7 nitrogen and oxygen atoms in total. The van der Waals surface area contributed by atoms with Crippen LogP contribution in [0.2, 0.25) is 15.1 Å². The predicted molar refractivity (Wildman–Crippen MR) is 162 cm³/mol. The molecule has 0 fully saturated rings. The SMILES string of the molecule is CCCNC(=O)[C@H](C)N(Cc1ccc(Cl)cc1Cl)C(=O)CN(c1ccc(Cl)cc1C)S(=O)(=O)c1ccc(C)cc1. The molecule has 2 amide bonds. The molecule has 0 aliphatic carbocycles. The van der Waals surface area contributed by atoms with E-state index in [1.54, 1.807) is 62.4 Å². The first-order chi connectivity index (χ1) is 18.8. The Morgan fingerprint density at radius 3 is 2.15 bits per heavy atom. The van der Waals surface area contributed by atoms with Gasteiger partial charge in [0.25, 0.3) is 10.0 Å². The molecule has 11 heteroatoms. The van der Waals surface area contributed by atoms with E-state index >= 15 is 0 Å². The highest BCUT2D eigenvalue weighted by Crippen LogP contribution is 2.30. The van der Waals surface area contributed by atoms with Gasteiger partial charge in [-0.2, -0.15) is 0 Å². The minimum atomic E-state index is -4.18. The molecule has 3 aromatic carbocycles. The van der Waals surface area contributed by atoms with Crippen molar-refractivity contribution in [3.05, 3.63) is 92.4 Å². The zero-order valence-electron chi connectivity index (χ0n) is 22.7. The van der Waals surface area contributed by atoms with Gasteiger partial charge in [0.05, 0.1) is 10.6 Å². The van der Waals surface area contributed by atoms with Gasteiger partial charge in [-0.25, -0.2) is 8.42 Å². The van der Waals surface area contributed by atoms with Gasteiger partial charge in [0.1, 0.15) is 12.6 Å². The van der Waals surface area contributed by atoms with E-state index < -0.39 is 28.5 Å². The Morgan fingerprint density at radius 2 is 1.55 bits per heavy atom. The van der Waals surface area contributed by atoms with Crippen LogP contribution in [0.3, 0.4) is 0 Å². The molecule has 0 radical (unpaired) electrons. The second kappa shape index (κ2) is 13.7. The van der Waals surface area contributed by atoms with E-state index in [2.05, 4.69) is 5.32 Å². The lowest BCUT2D eigenvalue weighted by atomic mass is 10.1. The summed E-state index contributed by atoms with van der Waals surface area (Å²) in [5.74, 6) is -0.953. The van der Waals surface area contributed by atoms with Crippen molar-refractivity contribution in [2.24, 2.45) is 0 Å². The molecule has 40 heavy (non-hydrogen) atoms. The topological polar surface area (TPSA) is 86.8 Å². The highest BCUT2D eigenvalue weighted by atomic mass is 35.5. The third-order valence-corrected chi connectivity index (χ3v) is 8.98. The Labute approximate surface area is 251 Å². The summed E-state index contributed by atoms with van der Waals surface area (Å²) in [5.41, 5.74) is 2.32. The number of carbonyl (C=O) groups excluding carboxylic acids is 2. The summed E-state index contributed by atoms with van der Waals surface area (Å²) in [4.78, 5) is 28.3. The van der Waals surface area contributed by atoms with Gasteiger partial charge in [-0.05, 0) is 80.8 Å². The van der Waals surface area contributed by atoms with Gasteiger partial charge in [0.2, 0.25) is 11.8 Å².